The highest BCUT2D eigenvalue weighted by Crippen LogP contribution is 2.34. The first-order chi connectivity index (χ1) is 17.2. The molecule has 184 valence electrons. The molecule has 0 radical (unpaired) electrons. The molecule has 4 rings (SSSR count). The van der Waals surface area contributed by atoms with Crippen molar-refractivity contribution < 1.29 is 14.3 Å². The van der Waals surface area contributed by atoms with Crippen molar-refractivity contribution >= 4 is 19.5 Å². The molecule has 0 aliphatic carbocycles. The molecule has 1 aliphatic heterocycles. The molecule has 2 heterocycles. The maximum atomic E-state index is 12.7. The van der Waals surface area contributed by atoms with Gasteiger partial charge in [0.05, 0.1) is 11.3 Å². The van der Waals surface area contributed by atoms with Gasteiger partial charge in [0.15, 0.2) is 7.85 Å². The summed E-state index contributed by atoms with van der Waals surface area (Å²) in [6.07, 6.45) is 1.43. The zero-order valence-electron chi connectivity index (χ0n) is 21.5. The Morgan fingerprint density at radius 1 is 1.17 bits per heavy atom. The lowest BCUT2D eigenvalue weighted by Crippen LogP contribution is -2.42. The van der Waals surface area contributed by atoms with E-state index in [1.807, 2.05) is 89.3 Å². The first-order valence-electron chi connectivity index (χ1n) is 12.4. The number of carbonyl (C=O) groups is 1. The SMILES string of the molecule is Bc1nc(-c2ccccc2OCc2ccccc2)cc(C2CCCN(C(=O)OC(C)(C)C)C2)c1C#N. The number of hydrogen-bond donors (Lipinski definition) is 0. The molecule has 0 bridgehead atoms. The van der Waals surface area contributed by atoms with Crippen LogP contribution >= 0.6 is 0 Å². The highest BCUT2D eigenvalue weighted by atomic mass is 16.6. The molecule has 6 nitrogen and oxygen atoms in total. The highest BCUT2D eigenvalue weighted by Gasteiger charge is 2.30. The van der Waals surface area contributed by atoms with Crippen molar-refractivity contribution in [1.29, 1.82) is 5.26 Å². The monoisotopic (exact) mass is 481 g/mol. The Balaban J connectivity index is 1.64. The summed E-state index contributed by atoms with van der Waals surface area (Å²) in [5.41, 5.74) is 4.36. The van der Waals surface area contributed by atoms with Gasteiger partial charge in [0, 0.05) is 30.2 Å². The van der Waals surface area contributed by atoms with E-state index in [1.54, 1.807) is 4.90 Å². The van der Waals surface area contributed by atoms with E-state index in [2.05, 4.69) is 6.07 Å². The van der Waals surface area contributed by atoms with Gasteiger partial charge in [0.1, 0.15) is 24.0 Å². The Labute approximate surface area is 214 Å². The number of amides is 1. The third-order valence-corrected chi connectivity index (χ3v) is 6.26. The molecule has 0 N–H and O–H groups in total. The number of aromatic nitrogens is 1. The van der Waals surface area contributed by atoms with Gasteiger partial charge in [0.2, 0.25) is 0 Å². The third-order valence-electron chi connectivity index (χ3n) is 6.26. The molecular weight excluding hydrogens is 449 g/mol. The molecule has 0 spiro atoms. The number of ether oxygens (including phenoxy) is 2. The summed E-state index contributed by atoms with van der Waals surface area (Å²) < 4.78 is 11.8. The zero-order chi connectivity index (χ0) is 25.7. The number of rotatable bonds is 5. The molecule has 2 aromatic carbocycles. The summed E-state index contributed by atoms with van der Waals surface area (Å²) in [5.74, 6) is 0.765. The van der Waals surface area contributed by atoms with Crippen molar-refractivity contribution in [3.8, 4) is 23.1 Å². The van der Waals surface area contributed by atoms with Gasteiger partial charge in [-0.3, -0.25) is 4.98 Å². The fourth-order valence-electron chi connectivity index (χ4n) is 4.57. The lowest BCUT2D eigenvalue weighted by Gasteiger charge is -2.34. The molecule has 0 saturated carbocycles. The van der Waals surface area contributed by atoms with Crippen LogP contribution in [-0.2, 0) is 11.3 Å². The maximum absolute atomic E-state index is 12.7. The van der Waals surface area contributed by atoms with E-state index in [0.717, 1.165) is 41.0 Å². The number of piperidine rings is 1. The number of carbonyl (C=O) groups excluding carboxylic acids is 1. The Morgan fingerprint density at radius 2 is 1.89 bits per heavy atom. The second-order valence-electron chi connectivity index (χ2n) is 10.2. The molecule has 1 saturated heterocycles. The van der Waals surface area contributed by atoms with Gasteiger partial charge in [-0.1, -0.05) is 42.5 Å². The quantitative estimate of drug-likeness (QED) is 0.499. The van der Waals surface area contributed by atoms with E-state index in [1.165, 1.54) is 0 Å². The summed E-state index contributed by atoms with van der Waals surface area (Å²) in [7, 11) is 1.87. The van der Waals surface area contributed by atoms with Crippen molar-refractivity contribution in [2.75, 3.05) is 13.1 Å². The number of para-hydroxylation sites is 1. The van der Waals surface area contributed by atoms with Gasteiger partial charge in [-0.25, -0.2) is 4.79 Å². The van der Waals surface area contributed by atoms with Gasteiger partial charge in [-0.2, -0.15) is 5.26 Å². The van der Waals surface area contributed by atoms with Crippen molar-refractivity contribution in [1.82, 2.24) is 9.88 Å². The minimum Gasteiger partial charge on any atom is -0.488 e. The highest BCUT2D eigenvalue weighted by molar-refractivity contribution is 6.32. The largest absolute Gasteiger partial charge is 0.488 e. The van der Waals surface area contributed by atoms with Crippen LogP contribution in [0.15, 0.2) is 60.7 Å². The smallest absolute Gasteiger partial charge is 0.410 e. The summed E-state index contributed by atoms with van der Waals surface area (Å²) in [6.45, 7) is 7.23. The Hall–Kier alpha value is -3.79. The summed E-state index contributed by atoms with van der Waals surface area (Å²) in [4.78, 5) is 19.3. The van der Waals surface area contributed by atoms with E-state index >= 15 is 0 Å². The van der Waals surface area contributed by atoms with E-state index in [-0.39, 0.29) is 12.0 Å². The first-order valence-corrected chi connectivity index (χ1v) is 12.4. The molecule has 1 aromatic heterocycles. The Bertz CT molecular complexity index is 1260. The predicted molar refractivity (Wildman–Crippen MR) is 143 cm³/mol. The minimum absolute atomic E-state index is 0.0266. The predicted octanol–water partition coefficient (Wildman–Crippen LogP) is 4.57. The first kappa shape index (κ1) is 25.3. The maximum Gasteiger partial charge on any atom is 0.410 e. The van der Waals surface area contributed by atoms with Crippen LogP contribution in [0, 0.1) is 11.3 Å². The van der Waals surface area contributed by atoms with Gasteiger partial charge in [-0.15, -0.1) is 0 Å². The fraction of sp³-hybridized carbons (Fsp3) is 0.345. The number of nitriles is 1. The average Bonchev–Trinajstić information content (AvgIpc) is 2.87. The lowest BCUT2D eigenvalue weighted by molar-refractivity contribution is 0.0198. The molecule has 1 fully saturated rings. The fourth-order valence-corrected chi connectivity index (χ4v) is 4.57. The van der Waals surface area contributed by atoms with Gasteiger partial charge < -0.3 is 14.4 Å². The summed E-state index contributed by atoms with van der Waals surface area (Å²) in [5, 5.41) is 9.96. The van der Waals surface area contributed by atoms with Crippen LogP contribution in [0.1, 0.15) is 56.2 Å². The number of benzene rings is 2. The van der Waals surface area contributed by atoms with Crippen molar-refractivity contribution in [2.24, 2.45) is 0 Å². The minimum atomic E-state index is -0.550. The second-order valence-corrected chi connectivity index (χ2v) is 10.2. The molecule has 7 heteroatoms. The molecule has 1 amide bonds. The van der Waals surface area contributed by atoms with Crippen LogP contribution in [0.25, 0.3) is 11.3 Å². The van der Waals surface area contributed by atoms with Gasteiger partial charge >= 0.3 is 6.09 Å². The standard InChI is InChI=1S/C29H32BN3O3/c1-29(2,3)36-28(34)33-15-9-12-21(18-33)23-16-25(32-27(30)24(23)17-31)22-13-7-8-14-26(22)35-19-20-10-5-4-6-11-20/h4-8,10-11,13-14,16,21H,9,12,15,18-19,30H2,1-3H3. The van der Waals surface area contributed by atoms with Crippen LogP contribution in [0.5, 0.6) is 5.75 Å². The van der Waals surface area contributed by atoms with Crippen LogP contribution in [0.4, 0.5) is 4.79 Å². The Morgan fingerprint density at radius 3 is 2.61 bits per heavy atom. The second kappa shape index (κ2) is 10.9. The van der Waals surface area contributed by atoms with Crippen molar-refractivity contribution in [2.45, 2.75) is 51.7 Å². The van der Waals surface area contributed by atoms with Gasteiger partial charge in [-0.05, 0) is 62.9 Å². The molecular formula is C29H32BN3O3. The van der Waals surface area contributed by atoms with Crippen LogP contribution in [0.3, 0.4) is 0 Å². The molecule has 1 aliphatic rings. The van der Waals surface area contributed by atoms with E-state index in [9.17, 15) is 10.1 Å². The van der Waals surface area contributed by atoms with Gasteiger partial charge in [0.25, 0.3) is 0 Å². The molecule has 1 atom stereocenters. The van der Waals surface area contributed by atoms with E-state index in [0.29, 0.717) is 30.9 Å². The number of pyridine rings is 1. The van der Waals surface area contributed by atoms with E-state index in [4.69, 9.17) is 14.5 Å². The van der Waals surface area contributed by atoms with E-state index < -0.39 is 5.60 Å². The molecule has 1 unspecified atom stereocenters. The summed E-state index contributed by atoms with van der Waals surface area (Å²) >= 11 is 0. The summed E-state index contributed by atoms with van der Waals surface area (Å²) in [6, 6.07) is 22.2. The topological polar surface area (TPSA) is 75.4 Å². The van der Waals surface area contributed by atoms with Crippen LogP contribution in [0.2, 0.25) is 0 Å². The average molecular weight is 481 g/mol. The number of nitrogens with zero attached hydrogens (tertiary/aromatic N) is 3. The van der Waals surface area contributed by atoms with Crippen molar-refractivity contribution in [3.05, 3.63) is 77.4 Å². The van der Waals surface area contributed by atoms with Crippen LogP contribution < -0.4 is 10.3 Å². The third kappa shape index (κ3) is 6.06. The zero-order valence-corrected chi connectivity index (χ0v) is 21.5. The number of likely N-dealkylation sites (tertiary alicyclic amines) is 1. The molecule has 3 aromatic rings. The van der Waals surface area contributed by atoms with Crippen LogP contribution in [-0.4, -0.2) is 42.5 Å². The molecule has 36 heavy (non-hydrogen) atoms. The lowest BCUT2D eigenvalue weighted by atomic mass is 9.83. The number of hydrogen-bond acceptors (Lipinski definition) is 5. The van der Waals surface area contributed by atoms with Crippen molar-refractivity contribution in [3.63, 3.8) is 0 Å². The normalized spacial score (nSPS) is 15.7. The Kier molecular flexibility index (Phi) is 7.64.